The van der Waals surface area contributed by atoms with Crippen LogP contribution < -0.4 is 20.9 Å². The van der Waals surface area contributed by atoms with E-state index in [2.05, 4.69) is 100 Å². The van der Waals surface area contributed by atoms with E-state index in [0.717, 1.165) is 11.4 Å². The summed E-state index contributed by atoms with van der Waals surface area (Å²) in [5.41, 5.74) is 1.31. The zero-order valence-electron chi connectivity index (χ0n) is 28.5. The molecule has 2 fully saturated rings. The summed E-state index contributed by atoms with van der Waals surface area (Å²) in [4.78, 5) is 20.1. The van der Waals surface area contributed by atoms with Gasteiger partial charge in [-0.3, -0.25) is 4.57 Å². The van der Waals surface area contributed by atoms with E-state index in [0.29, 0.717) is 29.7 Å². The van der Waals surface area contributed by atoms with Crippen molar-refractivity contribution in [2.24, 2.45) is 0 Å². The maximum atomic E-state index is 12.7. The number of hydrogen-bond acceptors (Lipinski definition) is 6. The third-order valence-electron chi connectivity index (χ3n) is 10.0. The Morgan fingerprint density at radius 2 is 1.46 bits per heavy atom. The lowest BCUT2D eigenvalue weighted by Gasteiger charge is -2.50. The molecule has 4 aromatic rings. The number of rotatable bonds is 7. The molecule has 2 aliphatic rings. The van der Waals surface area contributed by atoms with Crippen LogP contribution in [0, 0.1) is 0 Å². The first-order valence-electron chi connectivity index (χ1n) is 16.3. The van der Waals surface area contributed by atoms with Gasteiger partial charge in [0.25, 0.3) is 8.32 Å². The third kappa shape index (κ3) is 5.19. The Morgan fingerprint density at radius 3 is 1.91 bits per heavy atom. The summed E-state index contributed by atoms with van der Waals surface area (Å²) in [6.45, 7) is 20.3. The molecule has 46 heavy (non-hydrogen) atoms. The first-order valence-corrected chi connectivity index (χ1v) is 18.2. The minimum absolute atomic E-state index is 0.0116. The van der Waals surface area contributed by atoms with Crippen molar-refractivity contribution in [2.45, 2.75) is 90.6 Å². The van der Waals surface area contributed by atoms with Crippen molar-refractivity contribution in [1.82, 2.24) is 9.55 Å². The van der Waals surface area contributed by atoms with Crippen LogP contribution >= 0.6 is 0 Å². The number of anilines is 1. The Balaban J connectivity index is 1.35. The summed E-state index contributed by atoms with van der Waals surface area (Å²) in [7, 11) is -3.51. The van der Waals surface area contributed by atoms with Gasteiger partial charge >= 0.3 is 13.2 Å². The molecule has 242 valence electrons. The molecular formula is C36H46BN3O5Si. The number of benzene rings is 2. The van der Waals surface area contributed by atoms with E-state index in [1.54, 1.807) is 0 Å². The number of nitrogens with zero attached hydrogens (tertiary/aromatic N) is 3. The van der Waals surface area contributed by atoms with Crippen molar-refractivity contribution in [1.29, 1.82) is 0 Å². The molecule has 0 bridgehead atoms. The van der Waals surface area contributed by atoms with Crippen molar-refractivity contribution in [2.75, 3.05) is 18.0 Å². The van der Waals surface area contributed by atoms with Crippen LogP contribution in [0.15, 0.2) is 72.8 Å². The Hall–Kier alpha value is -3.44. The third-order valence-corrected chi connectivity index (χ3v) is 15.1. The summed E-state index contributed by atoms with van der Waals surface area (Å²) >= 11 is 0. The fourth-order valence-electron chi connectivity index (χ4n) is 6.97. The Morgan fingerprint density at radius 1 is 0.935 bits per heavy atom. The predicted molar refractivity (Wildman–Crippen MR) is 188 cm³/mol. The van der Waals surface area contributed by atoms with E-state index in [1.807, 2.05) is 39.8 Å². The maximum absolute atomic E-state index is 12.7. The highest BCUT2D eigenvalue weighted by Crippen LogP contribution is 2.40. The average molecular weight is 640 g/mol. The summed E-state index contributed by atoms with van der Waals surface area (Å²) in [6, 6.07) is 25.2. The predicted octanol–water partition coefficient (Wildman–Crippen LogP) is 5.75. The number of aromatic nitrogens is 2. The molecule has 2 aromatic carbocycles. The fraction of sp³-hybridized carbons (Fsp3) is 0.444. The molecule has 0 unspecified atom stereocenters. The molecule has 2 saturated heterocycles. The van der Waals surface area contributed by atoms with Gasteiger partial charge in [0.1, 0.15) is 5.82 Å². The molecule has 0 amide bonds. The minimum Gasteiger partial charge on any atom is -0.464 e. The Kier molecular flexibility index (Phi) is 8.03. The highest BCUT2D eigenvalue weighted by atomic mass is 28.4. The van der Waals surface area contributed by atoms with Crippen LogP contribution in [0.25, 0.3) is 11.0 Å². The van der Waals surface area contributed by atoms with Gasteiger partial charge in [-0.2, -0.15) is 0 Å². The highest BCUT2D eigenvalue weighted by Gasteiger charge is 2.55. The van der Waals surface area contributed by atoms with Crippen molar-refractivity contribution in [3.8, 4) is 0 Å². The number of carboxylic acid groups (broad SMARTS) is 1. The van der Waals surface area contributed by atoms with Gasteiger partial charge < -0.3 is 23.7 Å². The van der Waals surface area contributed by atoms with Gasteiger partial charge in [-0.15, -0.1) is 0 Å². The monoisotopic (exact) mass is 639 g/mol. The van der Waals surface area contributed by atoms with E-state index in [4.69, 9.17) is 18.7 Å². The van der Waals surface area contributed by atoms with Crippen LogP contribution in [0.1, 0.15) is 73.8 Å². The largest absolute Gasteiger partial charge is 0.513 e. The first-order chi connectivity index (χ1) is 21.6. The van der Waals surface area contributed by atoms with Gasteiger partial charge in [0.15, 0.2) is 0 Å². The second-order valence-electron chi connectivity index (χ2n) is 15.0. The number of carbonyl (C=O) groups is 1. The molecular weight excluding hydrogens is 593 g/mol. The molecule has 0 aliphatic carbocycles. The number of hydrogen-bond donors (Lipinski definition) is 1. The lowest BCUT2D eigenvalue weighted by atomic mass is 9.78. The molecule has 2 aromatic heterocycles. The molecule has 10 heteroatoms. The lowest BCUT2D eigenvalue weighted by molar-refractivity contribution is 0.00578. The molecule has 0 spiro atoms. The van der Waals surface area contributed by atoms with E-state index < -0.39 is 32.7 Å². The number of fused-ring (bicyclic) bond motifs is 1. The molecule has 8 nitrogen and oxygen atoms in total. The van der Waals surface area contributed by atoms with Gasteiger partial charge in [-0.1, -0.05) is 95.3 Å². The summed E-state index contributed by atoms with van der Waals surface area (Å²) in [5, 5.41) is 12.8. The minimum atomic E-state index is -2.68. The SMILES string of the molecule is CC(C)c1c(B2OC(C)(C)C(C)(C)O2)n(C(=O)O)c2ccc(N3CC(O[Si](c4ccccc4)(c4ccccc4)C(C)(C)C)C3)nc12. The normalized spacial score (nSPS) is 18.4. The highest BCUT2D eigenvalue weighted by molar-refractivity contribution is 6.99. The van der Waals surface area contributed by atoms with E-state index in [1.165, 1.54) is 14.9 Å². The molecule has 6 rings (SSSR count). The van der Waals surface area contributed by atoms with Crippen LogP contribution in [0.5, 0.6) is 0 Å². The zero-order valence-corrected chi connectivity index (χ0v) is 29.5. The second kappa shape index (κ2) is 11.4. The van der Waals surface area contributed by atoms with Crippen molar-refractivity contribution in [3.63, 3.8) is 0 Å². The molecule has 0 radical (unpaired) electrons. The molecule has 1 N–H and O–H groups in total. The standard InChI is InChI=1S/C36H46BN3O5Si/c1-24(2)30-31-28(40(33(41)42)32(30)37-44-35(6,7)36(8,9)45-37)20-21-29(38-31)39-22-25(23-39)43-46(34(3,4)5,26-16-12-10-13-17-26)27-18-14-11-15-19-27/h10-21,24-25H,22-23H2,1-9H3,(H,41,42). The first kappa shape index (κ1) is 32.5. The number of pyridine rings is 1. The second-order valence-corrected chi connectivity index (χ2v) is 19.3. The van der Waals surface area contributed by atoms with Crippen LogP contribution in [-0.4, -0.2) is 66.6 Å². The lowest BCUT2D eigenvalue weighted by Crippen LogP contribution is -2.70. The van der Waals surface area contributed by atoms with Crippen molar-refractivity contribution >= 4 is 54.3 Å². The maximum Gasteiger partial charge on any atom is 0.513 e. The summed E-state index contributed by atoms with van der Waals surface area (Å²) in [5.74, 6) is 0.794. The molecule has 0 atom stereocenters. The van der Waals surface area contributed by atoms with Crippen LogP contribution in [0.4, 0.5) is 10.6 Å². The van der Waals surface area contributed by atoms with Crippen LogP contribution in [-0.2, 0) is 13.7 Å². The topological polar surface area (TPSA) is 86.0 Å². The fourth-order valence-corrected chi connectivity index (χ4v) is 11.6. The van der Waals surface area contributed by atoms with Crippen LogP contribution in [0.2, 0.25) is 5.04 Å². The van der Waals surface area contributed by atoms with Gasteiger partial charge in [0.05, 0.1) is 33.9 Å². The van der Waals surface area contributed by atoms with Gasteiger partial charge in [-0.25, -0.2) is 9.78 Å². The average Bonchev–Trinajstić information content (AvgIpc) is 3.42. The van der Waals surface area contributed by atoms with Crippen molar-refractivity contribution in [3.05, 3.63) is 78.4 Å². The summed E-state index contributed by atoms with van der Waals surface area (Å²) in [6.07, 6.45) is -1.06. The molecule has 4 heterocycles. The Bertz CT molecular complexity index is 1690. The van der Waals surface area contributed by atoms with Gasteiger partial charge in [0.2, 0.25) is 0 Å². The van der Waals surface area contributed by atoms with Gasteiger partial charge in [-0.05, 0) is 66.7 Å². The molecule has 2 aliphatic heterocycles. The Labute approximate surface area is 274 Å². The van der Waals surface area contributed by atoms with E-state index in [-0.39, 0.29) is 17.1 Å². The zero-order chi connectivity index (χ0) is 33.2. The van der Waals surface area contributed by atoms with E-state index >= 15 is 0 Å². The van der Waals surface area contributed by atoms with Crippen molar-refractivity contribution < 1.29 is 23.6 Å². The smallest absolute Gasteiger partial charge is 0.464 e. The summed E-state index contributed by atoms with van der Waals surface area (Å²) < 4.78 is 21.4. The van der Waals surface area contributed by atoms with Gasteiger partial charge in [0, 0.05) is 13.1 Å². The van der Waals surface area contributed by atoms with E-state index in [9.17, 15) is 9.90 Å². The molecule has 0 saturated carbocycles. The van der Waals surface area contributed by atoms with Crippen LogP contribution in [0.3, 0.4) is 0 Å². The quantitative estimate of drug-likeness (QED) is 0.258.